The van der Waals surface area contributed by atoms with Crippen LogP contribution in [-0.4, -0.2) is 77.9 Å². The van der Waals surface area contributed by atoms with E-state index >= 15 is 0 Å². The maximum atomic E-state index is 10.9. The second-order valence-electron chi connectivity index (χ2n) is 4.96. The molecule has 0 aliphatic carbocycles. The minimum absolute atomic E-state index is 0.0542. The molecule has 1 aliphatic rings. The Hall–Kier alpha value is -2.79. The van der Waals surface area contributed by atoms with Gasteiger partial charge < -0.3 is 25.4 Å². The van der Waals surface area contributed by atoms with E-state index in [2.05, 4.69) is 10.1 Å². The van der Waals surface area contributed by atoms with Crippen LogP contribution in [0, 0.1) is 5.92 Å². The van der Waals surface area contributed by atoms with Gasteiger partial charge in [-0.3, -0.25) is 4.79 Å². The number of rotatable bonds is 1. The Bertz CT molecular complexity index is 524. The second kappa shape index (κ2) is 14.3. The number of methoxy groups -OCH3 is 1. The SMILES string of the molecule is COC(=O)C1CCNCC1.O=C(O)C(F)(F)F.O=C(O)C(F)(F)F.O=C(O)C(F)(F)F. The largest absolute Gasteiger partial charge is 0.490 e. The predicted molar refractivity (Wildman–Crippen MR) is 78.7 cm³/mol. The van der Waals surface area contributed by atoms with Crippen molar-refractivity contribution in [3.8, 4) is 0 Å². The Balaban J connectivity index is -0.000000343. The van der Waals surface area contributed by atoms with E-state index in [0.29, 0.717) is 0 Å². The van der Waals surface area contributed by atoms with Crippen LogP contribution in [0.2, 0.25) is 0 Å². The van der Waals surface area contributed by atoms with Crippen molar-refractivity contribution in [3.05, 3.63) is 0 Å². The fourth-order valence-electron chi connectivity index (χ4n) is 1.22. The molecule has 0 aromatic heterocycles. The standard InChI is InChI=1S/C7H13NO2.3C2HF3O2/c1-10-7(9)6-2-4-8-5-3-6;3*3-2(4,5)1(6)7/h6,8H,2-5H2,1H3;3*(H,6,7). The molecular formula is C13H16F9NO8. The van der Waals surface area contributed by atoms with Crippen molar-refractivity contribution in [1.82, 2.24) is 5.32 Å². The Kier molecular flexibility index (Phi) is 15.1. The summed E-state index contributed by atoms with van der Waals surface area (Å²) in [5, 5.41) is 24.6. The zero-order valence-corrected chi connectivity index (χ0v) is 15.2. The number of carbonyl (C=O) groups is 4. The molecule has 1 heterocycles. The average Bonchev–Trinajstić information content (AvgIpc) is 2.61. The highest BCUT2D eigenvalue weighted by Gasteiger charge is 2.39. The molecule has 1 fully saturated rings. The summed E-state index contributed by atoms with van der Waals surface area (Å²) >= 11 is 0. The fourth-order valence-corrected chi connectivity index (χ4v) is 1.22. The van der Waals surface area contributed by atoms with Gasteiger partial charge in [0.05, 0.1) is 13.0 Å². The lowest BCUT2D eigenvalue weighted by molar-refractivity contribution is -0.193. The van der Waals surface area contributed by atoms with Crippen LogP contribution in [0.4, 0.5) is 39.5 Å². The van der Waals surface area contributed by atoms with Crippen LogP contribution in [0.25, 0.3) is 0 Å². The monoisotopic (exact) mass is 485 g/mol. The number of ether oxygens (including phenoxy) is 1. The van der Waals surface area contributed by atoms with Gasteiger partial charge in [0, 0.05) is 0 Å². The molecule has 0 spiro atoms. The fraction of sp³-hybridized carbons (Fsp3) is 0.692. The van der Waals surface area contributed by atoms with Gasteiger partial charge in [-0.15, -0.1) is 0 Å². The number of piperidine rings is 1. The quantitative estimate of drug-likeness (QED) is 0.323. The van der Waals surface area contributed by atoms with Gasteiger partial charge in [0.25, 0.3) is 0 Å². The minimum Gasteiger partial charge on any atom is -0.475 e. The topological polar surface area (TPSA) is 150 Å². The summed E-state index contributed by atoms with van der Waals surface area (Å²) in [6, 6.07) is 0. The Morgan fingerprint density at radius 2 is 0.935 bits per heavy atom. The zero-order valence-electron chi connectivity index (χ0n) is 15.2. The molecular weight excluding hydrogens is 469 g/mol. The molecule has 184 valence electrons. The summed E-state index contributed by atoms with van der Waals surface area (Å²) in [6.45, 7) is 1.89. The molecule has 31 heavy (non-hydrogen) atoms. The lowest BCUT2D eigenvalue weighted by Gasteiger charge is -2.19. The number of hydrogen-bond donors (Lipinski definition) is 4. The van der Waals surface area contributed by atoms with E-state index in [1.165, 1.54) is 7.11 Å². The first-order valence-corrected chi connectivity index (χ1v) is 7.36. The van der Waals surface area contributed by atoms with Crippen molar-refractivity contribution in [1.29, 1.82) is 0 Å². The van der Waals surface area contributed by atoms with Crippen molar-refractivity contribution in [2.45, 2.75) is 31.4 Å². The molecule has 1 aliphatic heterocycles. The van der Waals surface area contributed by atoms with E-state index < -0.39 is 36.4 Å². The molecule has 0 saturated carbocycles. The Labute approximate surface area is 166 Å². The van der Waals surface area contributed by atoms with Gasteiger partial charge >= 0.3 is 42.4 Å². The van der Waals surface area contributed by atoms with Crippen LogP contribution in [0.3, 0.4) is 0 Å². The number of halogens is 9. The van der Waals surface area contributed by atoms with E-state index in [1.807, 2.05) is 0 Å². The molecule has 18 heteroatoms. The number of hydrogen-bond acceptors (Lipinski definition) is 6. The highest BCUT2D eigenvalue weighted by molar-refractivity contribution is 5.73. The second-order valence-corrected chi connectivity index (χ2v) is 4.96. The van der Waals surface area contributed by atoms with E-state index in [0.717, 1.165) is 25.9 Å². The molecule has 1 rings (SSSR count). The maximum Gasteiger partial charge on any atom is 0.490 e. The molecule has 0 aromatic carbocycles. The lowest BCUT2D eigenvalue weighted by atomic mass is 9.99. The van der Waals surface area contributed by atoms with Crippen molar-refractivity contribution >= 4 is 23.9 Å². The van der Waals surface area contributed by atoms with Crippen molar-refractivity contribution in [2.24, 2.45) is 5.92 Å². The third kappa shape index (κ3) is 20.3. The molecule has 0 aromatic rings. The van der Waals surface area contributed by atoms with Crippen LogP contribution >= 0.6 is 0 Å². The number of carbonyl (C=O) groups excluding carboxylic acids is 1. The average molecular weight is 485 g/mol. The number of alkyl halides is 9. The molecule has 0 unspecified atom stereocenters. The Morgan fingerprint density at radius 3 is 1.10 bits per heavy atom. The smallest absolute Gasteiger partial charge is 0.475 e. The summed E-state index contributed by atoms with van der Waals surface area (Å²) in [5.41, 5.74) is 0. The van der Waals surface area contributed by atoms with Gasteiger partial charge in [0.1, 0.15) is 0 Å². The number of carboxylic acids is 3. The van der Waals surface area contributed by atoms with Gasteiger partial charge in [-0.1, -0.05) is 0 Å². The van der Waals surface area contributed by atoms with Crippen molar-refractivity contribution in [3.63, 3.8) is 0 Å². The molecule has 0 amide bonds. The number of nitrogens with one attached hydrogen (secondary N) is 1. The lowest BCUT2D eigenvalue weighted by Crippen LogP contribution is -2.32. The predicted octanol–water partition coefficient (Wildman–Crippen LogP) is 2.06. The van der Waals surface area contributed by atoms with Crippen LogP contribution in [-0.2, 0) is 23.9 Å². The van der Waals surface area contributed by atoms with Gasteiger partial charge in [-0.05, 0) is 25.9 Å². The van der Waals surface area contributed by atoms with Crippen molar-refractivity contribution < 1.29 is 78.7 Å². The zero-order chi connectivity index (χ0) is 25.6. The molecule has 0 atom stereocenters. The van der Waals surface area contributed by atoms with Crippen LogP contribution in [0.15, 0.2) is 0 Å². The summed E-state index contributed by atoms with van der Waals surface area (Å²) in [6.07, 6.45) is -13.4. The Morgan fingerprint density at radius 1 is 0.710 bits per heavy atom. The highest BCUT2D eigenvalue weighted by Crippen LogP contribution is 2.14. The third-order valence-corrected chi connectivity index (χ3v) is 2.60. The first-order chi connectivity index (χ1) is 13.7. The van der Waals surface area contributed by atoms with Crippen LogP contribution < -0.4 is 5.32 Å². The van der Waals surface area contributed by atoms with Gasteiger partial charge in [0.2, 0.25) is 0 Å². The van der Waals surface area contributed by atoms with Crippen molar-refractivity contribution in [2.75, 3.05) is 20.2 Å². The molecule has 0 radical (unpaired) electrons. The number of aliphatic carboxylic acids is 3. The van der Waals surface area contributed by atoms with E-state index in [1.54, 1.807) is 0 Å². The maximum absolute atomic E-state index is 10.9. The summed E-state index contributed by atoms with van der Waals surface area (Å²) in [4.78, 5) is 37.6. The summed E-state index contributed by atoms with van der Waals surface area (Å²) < 4.78 is 99.8. The number of esters is 1. The third-order valence-electron chi connectivity index (χ3n) is 2.60. The molecule has 9 nitrogen and oxygen atoms in total. The first-order valence-electron chi connectivity index (χ1n) is 7.36. The summed E-state index contributed by atoms with van der Waals surface area (Å²) in [5.74, 6) is -8.18. The highest BCUT2D eigenvalue weighted by atomic mass is 19.4. The minimum atomic E-state index is -5.08. The number of carboxylic acid groups (broad SMARTS) is 3. The van der Waals surface area contributed by atoms with Crippen LogP contribution in [0.5, 0.6) is 0 Å². The van der Waals surface area contributed by atoms with E-state index in [9.17, 15) is 44.3 Å². The van der Waals surface area contributed by atoms with E-state index in [-0.39, 0.29) is 11.9 Å². The summed E-state index contributed by atoms with van der Waals surface area (Å²) in [7, 11) is 1.45. The van der Waals surface area contributed by atoms with Gasteiger partial charge in [0.15, 0.2) is 0 Å². The van der Waals surface area contributed by atoms with E-state index in [4.69, 9.17) is 29.7 Å². The normalized spacial score (nSPS) is 14.3. The molecule has 0 bridgehead atoms. The van der Waals surface area contributed by atoms with Crippen LogP contribution in [0.1, 0.15) is 12.8 Å². The van der Waals surface area contributed by atoms with Gasteiger partial charge in [-0.2, -0.15) is 39.5 Å². The molecule has 1 saturated heterocycles. The first kappa shape index (κ1) is 32.9. The molecule has 4 N–H and O–H groups in total. The van der Waals surface area contributed by atoms with Gasteiger partial charge in [-0.25, -0.2) is 14.4 Å².